The second-order valence-corrected chi connectivity index (χ2v) is 3.39. The molecule has 0 atom stereocenters. The maximum absolute atomic E-state index is 5.78. The highest BCUT2D eigenvalue weighted by atomic mass is 32.1. The molecule has 0 aliphatic carbocycles. The van der Waals surface area contributed by atoms with Crippen LogP contribution in [0.25, 0.3) is 10.2 Å². The van der Waals surface area contributed by atoms with Gasteiger partial charge in [0, 0.05) is 11.9 Å². The molecule has 0 aromatic carbocycles. The smallest absolute Gasteiger partial charge is 0.104 e. The van der Waals surface area contributed by atoms with Gasteiger partial charge in [0.25, 0.3) is 0 Å². The molecule has 0 radical (unpaired) electrons. The Bertz CT molecular complexity index is 372. The number of thiophene rings is 1. The lowest BCUT2D eigenvalue weighted by Gasteiger charge is -1.99. The van der Waals surface area contributed by atoms with Crippen LogP contribution in [-0.2, 0) is 6.54 Å². The standard InChI is InChI=1S/C8H10N2S/c1-2-10-7(9)5-6-3-4-11-8(6)10/h3-5H,2,9H2,1H3. The Kier molecular flexibility index (Phi) is 1.39. The molecular formula is C8H10N2S. The van der Waals surface area contributed by atoms with E-state index in [0.29, 0.717) is 0 Å². The van der Waals surface area contributed by atoms with Gasteiger partial charge in [0.05, 0.1) is 0 Å². The summed E-state index contributed by atoms with van der Waals surface area (Å²) >= 11 is 1.74. The van der Waals surface area contributed by atoms with Crippen LogP contribution >= 0.6 is 11.3 Å². The number of nitrogen functional groups attached to an aromatic ring is 1. The van der Waals surface area contributed by atoms with Crippen molar-refractivity contribution in [2.75, 3.05) is 5.73 Å². The second kappa shape index (κ2) is 2.27. The Labute approximate surface area is 69.2 Å². The van der Waals surface area contributed by atoms with E-state index in [4.69, 9.17) is 5.73 Å². The molecule has 58 valence electrons. The van der Waals surface area contributed by atoms with E-state index in [9.17, 15) is 0 Å². The van der Waals surface area contributed by atoms with Gasteiger partial charge in [0.1, 0.15) is 10.6 Å². The number of nitrogens with zero attached hydrogens (tertiary/aromatic N) is 1. The topological polar surface area (TPSA) is 30.9 Å². The molecule has 0 amide bonds. The first-order valence-electron chi connectivity index (χ1n) is 3.65. The lowest BCUT2D eigenvalue weighted by Crippen LogP contribution is -1.98. The quantitative estimate of drug-likeness (QED) is 0.692. The minimum Gasteiger partial charge on any atom is -0.385 e. The van der Waals surface area contributed by atoms with Crippen LogP contribution in [0.2, 0.25) is 0 Å². The number of aryl methyl sites for hydroxylation is 1. The molecule has 2 rings (SSSR count). The number of hydrogen-bond acceptors (Lipinski definition) is 2. The monoisotopic (exact) mass is 166 g/mol. The normalized spacial score (nSPS) is 11.0. The first kappa shape index (κ1) is 6.73. The Balaban J connectivity index is 2.80. The van der Waals surface area contributed by atoms with Gasteiger partial charge in [0.2, 0.25) is 0 Å². The van der Waals surface area contributed by atoms with Crippen LogP contribution in [-0.4, -0.2) is 4.57 Å². The predicted octanol–water partition coefficient (Wildman–Crippen LogP) is 2.30. The van der Waals surface area contributed by atoms with Gasteiger partial charge in [-0.1, -0.05) is 0 Å². The van der Waals surface area contributed by atoms with E-state index >= 15 is 0 Å². The second-order valence-electron chi connectivity index (χ2n) is 2.49. The summed E-state index contributed by atoms with van der Waals surface area (Å²) in [5, 5.41) is 3.35. The van der Waals surface area contributed by atoms with Gasteiger partial charge < -0.3 is 10.3 Å². The third-order valence-electron chi connectivity index (χ3n) is 1.85. The Morgan fingerprint density at radius 2 is 2.45 bits per heavy atom. The summed E-state index contributed by atoms with van der Waals surface area (Å²) in [6, 6.07) is 4.12. The van der Waals surface area contributed by atoms with E-state index in [-0.39, 0.29) is 0 Å². The highest BCUT2D eigenvalue weighted by molar-refractivity contribution is 7.16. The van der Waals surface area contributed by atoms with E-state index in [1.807, 2.05) is 6.07 Å². The molecule has 2 N–H and O–H groups in total. The lowest BCUT2D eigenvalue weighted by atomic mass is 10.4. The number of fused-ring (bicyclic) bond motifs is 1. The van der Waals surface area contributed by atoms with E-state index in [2.05, 4.69) is 22.9 Å². The van der Waals surface area contributed by atoms with E-state index in [0.717, 1.165) is 12.4 Å². The summed E-state index contributed by atoms with van der Waals surface area (Å²) in [5.74, 6) is 0.870. The molecule has 0 spiro atoms. The summed E-state index contributed by atoms with van der Waals surface area (Å²) in [6.07, 6.45) is 0. The number of anilines is 1. The molecule has 0 saturated heterocycles. The fourth-order valence-corrected chi connectivity index (χ4v) is 2.29. The van der Waals surface area contributed by atoms with Crippen LogP contribution in [0.5, 0.6) is 0 Å². The molecule has 3 heteroatoms. The van der Waals surface area contributed by atoms with Crippen molar-refractivity contribution in [2.45, 2.75) is 13.5 Å². The average Bonchev–Trinajstić information content (AvgIpc) is 2.46. The maximum Gasteiger partial charge on any atom is 0.104 e. The summed E-state index contributed by atoms with van der Waals surface area (Å²) < 4.78 is 2.12. The summed E-state index contributed by atoms with van der Waals surface area (Å²) in [6.45, 7) is 3.06. The third kappa shape index (κ3) is 0.844. The van der Waals surface area contributed by atoms with Gasteiger partial charge in [-0.05, 0) is 24.4 Å². The van der Waals surface area contributed by atoms with Crippen molar-refractivity contribution in [3.63, 3.8) is 0 Å². The molecule has 2 nitrogen and oxygen atoms in total. The van der Waals surface area contributed by atoms with Gasteiger partial charge in [-0.2, -0.15) is 0 Å². The van der Waals surface area contributed by atoms with Crippen molar-refractivity contribution < 1.29 is 0 Å². The zero-order valence-corrected chi connectivity index (χ0v) is 7.19. The number of nitrogens with two attached hydrogens (primary N) is 1. The van der Waals surface area contributed by atoms with Crippen LogP contribution in [0.15, 0.2) is 17.5 Å². The molecule has 0 saturated carbocycles. The molecule has 2 aromatic heterocycles. The van der Waals surface area contributed by atoms with Crippen molar-refractivity contribution >= 4 is 27.4 Å². The zero-order chi connectivity index (χ0) is 7.84. The van der Waals surface area contributed by atoms with Gasteiger partial charge >= 0.3 is 0 Å². The highest BCUT2D eigenvalue weighted by Gasteiger charge is 2.03. The average molecular weight is 166 g/mol. The largest absolute Gasteiger partial charge is 0.385 e. The molecule has 0 fully saturated rings. The molecule has 0 unspecified atom stereocenters. The first-order chi connectivity index (χ1) is 5.33. The van der Waals surface area contributed by atoms with Crippen molar-refractivity contribution in [3.05, 3.63) is 17.5 Å². The zero-order valence-electron chi connectivity index (χ0n) is 6.37. The van der Waals surface area contributed by atoms with Crippen molar-refractivity contribution in [3.8, 4) is 0 Å². The maximum atomic E-state index is 5.78. The highest BCUT2D eigenvalue weighted by Crippen LogP contribution is 2.26. The minimum atomic E-state index is 0.870. The van der Waals surface area contributed by atoms with E-state index in [1.54, 1.807) is 11.3 Å². The number of rotatable bonds is 1. The fraction of sp³-hybridized carbons (Fsp3) is 0.250. The fourth-order valence-electron chi connectivity index (χ4n) is 1.32. The predicted molar refractivity (Wildman–Crippen MR) is 49.9 cm³/mol. The van der Waals surface area contributed by atoms with Crippen LogP contribution in [0.1, 0.15) is 6.92 Å². The summed E-state index contributed by atoms with van der Waals surface area (Å²) in [5.41, 5.74) is 5.78. The number of hydrogen-bond donors (Lipinski definition) is 1. The van der Waals surface area contributed by atoms with Crippen LogP contribution in [0.3, 0.4) is 0 Å². The molecule has 11 heavy (non-hydrogen) atoms. The summed E-state index contributed by atoms with van der Waals surface area (Å²) in [7, 11) is 0. The van der Waals surface area contributed by atoms with Crippen molar-refractivity contribution in [2.24, 2.45) is 0 Å². The first-order valence-corrected chi connectivity index (χ1v) is 4.53. The third-order valence-corrected chi connectivity index (χ3v) is 2.80. The van der Waals surface area contributed by atoms with E-state index in [1.165, 1.54) is 10.2 Å². The molecule has 2 aromatic rings. The van der Waals surface area contributed by atoms with Crippen LogP contribution < -0.4 is 5.73 Å². The van der Waals surface area contributed by atoms with Gasteiger partial charge in [0.15, 0.2) is 0 Å². The van der Waals surface area contributed by atoms with Gasteiger partial charge in [-0.15, -0.1) is 11.3 Å². The molecule has 0 bridgehead atoms. The SMILES string of the molecule is CCn1c(N)cc2ccsc21. The minimum absolute atomic E-state index is 0.870. The Morgan fingerprint density at radius 3 is 3.18 bits per heavy atom. The molecule has 0 aliphatic rings. The van der Waals surface area contributed by atoms with Crippen molar-refractivity contribution in [1.29, 1.82) is 0 Å². The Hall–Kier alpha value is -0.960. The molecular weight excluding hydrogens is 156 g/mol. The summed E-state index contributed by atoms with van der Waals surface area (Å²) in [4.78, 5) is 1.28. The number of aromatic nitrogens is 1. The van der Waals surface area contributed by atoms with E-state index < -0.39 is 0 Å². The van der Waals surface area contributed by atoms with Gasteiger partial charge in [-0.25, -0.2) is 0 Å². The van der Waals surface area contributed by atoms with Crippen LogP contribution in [0, 0.1) is 0 Å². The van der Waals surface area contributed by atoms with Crippen LogP contribution in [0.4, 0.5) is 5.82 Å². The molecule has 0 aliphatic heterocycles. The Morgan fingerprint density at radius 1 is 1.64 bits per heavy atom. The van der Waals surface area contributed by atoms with Gasteiger partial charge in [-0.3, -0.25) is 0 Å². The molecule has 2 heterocycles. The van der Waals surface area contributed by atoms with Crippen molar-refractivity contribution in [1.82, 2.24) is 4.57 Å². The lowest BCUT2D eigenvalue weighted by molar-refractivity contribution is 0.814.